The first-order valence-corrected chi connectivity index (χ1v) is 4.43. The third kappa shape index (κ3) is 1.21. The normalized spacial score (nSPS) is 25.9. The van der Waals surface area contributed by atoms with Crippen LogP contribution in [0.1, 0.15) is 0 Å². The maximum absolute atomic E-state index is 9.88. The van der Waals surface area contributed by atoms with Crippen molar-refractivity contribution in [2.45, 2.75) is 0 Å². The molecule has 0 aliphatic carbocycles. The van der Waals surface area contributed by atoms with Crippen molar-refractivity contribution in [3.63, 3.8) is 0 Å². The largest absolute Gasteiger partial charge is 0.403 e. The molecule has 1 heterocycles. The van der Waals surface area contributed by atoms with Crippen molar-refractivity contribution < 1.29 is 25.6 Å². The molecule has 0 aromatic carbocycles. The summed E-state index contributed by atoms with van der Waals surface area (Å²) in [5, 5.41) is 0. The standard InChI is InChI=1S/CO6S2/c2-8(3,4)1-7-9(1,5)6. The zero-order valence-electron chi connectivity index (χ0n) is 3.77. The van der Waals surface area contributed by atoms with E-state index in [0.29, 0.717) is 0 Å². The minimum absolute atomic E-state index is 1.38. The van der Waals surface area contributed by atoms with E-state index in [1.165, 1.54) is 0 Å². The lowest BCUT2D eigenvalue weighted by molar-refractivity contribution is 0.404. The molecule has 0 N–H and O–H groups in total. The monoisotopic (exact) mass is 172 g/mol. The first-order valence-electron chi connectivity index (χ1n) is 1.61. The second-order valence-electron chi connectivity index (χ2n) is 1.24. The summed E-state index contributed by atoms with van der Waals surface area (Å²) in [6.07, 6.45) is 0. The number of rotatable bonds is 1. The van der Waals surface area contributed by atoms with Crippen LogP contribution in [0.4, 0.5) is 0 Å². The van der Waals surface area contributed by atoms with E-state index in [0.717, 1.165) is 0 Å². The van der Waals surface area contributed by atoms with Gasteiger partial charge in [-0.3, -0.25) is 0 Å². The second-order valence-corrected chi connectivity index (χ2v) is 4.22. The van der Waals surface area contributed by atoms with Crippen molar-refractivity contribution in [3.8, 4) is 0 Å². The van der Waals surface area contributed by atoms with Crippen LogP contribution in [0.15, 0.2) is 0 Å². The van der Waals surface area contributed by atoms with E-state index in [-0.39, 0.29) is 0 Å². The molecule has 1 aliphatic rings. The summed E-state index contributed by atoms with van der Waals surface area (Å²) in [4.78, 5) is 0. The van der Waals surface area contributed by atoms with Gasteiger partial charge < -0.3 is 0 Å². The molecule has 2 radical (unpaired) electrons. The van der Waals surface area contributed by atoms with Gasteiger partial charge in [0.05, 0.1) is 0 Å². The van der Waals surface area contributed by atoms with Crippen LogP contribution in [-0.4, -0.2) is 16.8 Å². The minimum Gasteiger partial charge on any atom is -0.217 e. The Labute approximate surface area is 51.3 Å². The summed E-state index contributed by atoms with van der Waals surface area (Å²) in [6.45, 7) is 0. The maximum atomic E-state index is 9.88. The fourth-order valence-corrected chi connectivity index (χ4v) is 2.15. The molecule has 0 bridgehead atoms. The number of hydrogen-bond donors (Lipinski definition) is 0. The van der Waals surface area contributed by atoms with Crippen molar-refractivity contribution in [3.05, 3.63) is 4.77 Å². The highest BCUT2D eigenvalue weighted by molar-refractivity contribution is 8.13. The van der Waals surface area contributed by atoms with E-state index in [1.54, 1.807) is 0 Å². The molecule has 6 nitrogen and oxygen atoms in total. The molecule has 1 fully saturated rings. The van der Waals surface area contributed by atoms with Gasteiger partial charge in [0, 0.05) is 0 Å². The smallest absolute Gasteiger partial charge is 0.217 e. The number of hydrogen-bond acceptors (Lipinski definition) is 5. The van der Waals surface area contributed by atoms with Crippen molar-refractivity contribution in [2.24, 2.45) is 0 Å². The quantitative estimate of drug-likeness (QED) is 0.450. The Morgan fingerprint density at radius 3 is 1.67 bits per heavy atom. The van der Waals surface area contributed by atoms with Gasteiger partial charge in [0.1, 0.15) is 0 Å². The van der Waals surface area contributed by atoms with Crippen molar-refractivity contribution in [2.75, 3.05) is 0 Å². The molecular weight excluding hydrogens is 172 g/mol. The Bertz CT molecular complexity index is 305. The van der Waals surface area contributed by atoms with E-state index in [9.17, 15) is 21.4 Å². The summed E-state index contributed by atoms with van der Waals surface area (Å²) in [5.74, 6) is 0. The first kappa shape index (κ1) is 6.93. The second kappa shape index (κ2) is 1.45. The summed E-state index contributed by atoms with van der Waals surface area (Å²) < 4.78 is 51.0. The Morgan fingerprint density at radius 2 is 1.67 bits per heavy atom. The Kier molecular flexibility index (Phi) is 1.12. The highest BCUT2D eigenvalue weighted by Gasteiger charge is 2.60. The van der Waals surface area contributed by atoms with Gasteiger partial charge in [-0.1, -0.05) is 4.55 Å². The van der Waals surface area contributed by atoms with E-state index in [4.69, 9.17) is 0 Å². The maximum Gasteiger partial charge on any atom is 0.403 e. The summed E-state index contributed by atoms with van der Waals surface area (Å²) in [6, 6.07) is 0. The molecule has 8 heteroatoms. The van der Waals surface area contributed by atoms with Gasteiger partial charge in [-0.25, -0.2) is 4.18 Å². The van der Waals surface area contributed by atoms with Crippen LogP contribution in [-0.2, 0) is 29.0 Å². The zero-order valence-corrected chi connectivity index (χ0v) is 5.40. The minimum atomic E-state index is -4.88. The predicted octanol–water partition coefficient (Wildman–Crippen LogP) is -1.45. The molecule has 0 unspecified atom stereocenters. The lowest BCUT2D eigenvalue weighted by Gasteiger charge is -1.71. The molecular formula is CO6S2. The van der Waals surface area contributed by atoms with E-state index in [2.05, 4.69) is 4.18 Å². The van der Waals surface area contributed by atoms with Crippen LogP contribution in [0, 0.1) is 4.77 Å². The van der Waals surface area contributed by atoms with Crippen LogP contribution in [0.3, 0.4) is 0 Å². The molecule has 0 saturated carbocycles. The molecule has 52 valence electrons. The lowest BCUT2D eigenvalue weighted by atomic mass is 11.7. The van der Waals surface area contributed by atoms with Crippen LogP contribution in [0.2, 0.25) is 0 Å². The topological polar surface area (TPSA) is 101 Å². The average molecular weight is 172 g/mol. The molecule has 1 saturated heterocycles. The zero-order chi connectivity index (χ0) is 7.28. The molecule has 1 rings (SSSR count). The molecule has 0 aromatic heterocycles. The average Bonchev–Trinajstić information content (AvgIpc) is 2.10. The van der Waals surface area contributed by atoms with Crippen molar-refractivity contribution in [1.82, 2.24) is 0 Å². The lowest BCUT2D eigenvalue weighted by Crippen LogP contribution is -1.96. The predicted molar refractivity (Wildman–Crippen MR) is 22.9 cm³/mol. The van der Waals surface area contributed by atoms with Gasteiger partial charge >= 0.3 is 25.0 Å². The molecule has 0 aromatic rings. The van der Waals surface area contributed by atoms with Gasteiger partial charge in [0.2, 0.25) is 0 Å². The molecule has 1 aliphatic heterocycles. The third-order valence-electron chi connectivity index (χ3n) is 0.560. The van der Waals surface area contributed by atoms with Crippen LogP contribution >= 0.6 is 0 Å². The fraction of sp³-hybridized carbons (Fsp3) is 0. The van der Waals surface area contributed by atoms with Crippen LogP contribution < -0.4 is 0 Å². The van der Waals surface area contributed by atoms with Crippen molar-refractivity contribution >= 4 is 20.2 Å². The molecule has 9 heavy (non-hydrogen) atoms. The van der Waals surface area contributed by atoms with E-state index in [1.807, 2.05) is 0 Å². The molecule has 0 spiro atoms. The van der Waals surface area contributed by atoms with Gasteiger partial charge in [0.15, 0.2) is 0 Å². The highest BCUT2D eigenvalue weighted by Crippen LogP contribution is 2.37. The van der Waals surface area contributed by atoms with Crippen LogP contribution in [0.25, 0.3) is 0 Å². The summed E-state index contributed by atoms with van der Waals surface area (Å²) in [7, 11) is -8.98. The first-order chi connectivity index (χ1) is 3.84. The Hall–Kier alpha value is -0.180. The Balaban J connectivity index is 3.01. The molecule has 0 atom stereocenters. The van der Waals surface area contributed by atoms with Crippen molar-refractivity contribution in [1.29, 1.82) is 0 Å². The van der Waals surface area contributed by atoms with Crippen LogP contribution in [0.5, 0.6) is 0 Å². The highest BCUT2D eigenvalue weighted by atomic mass is 32.3. The van der Waals surface area contributed by atoms with Gasteiger partial charge in [-0.05, 0) is 0 Å². The summed E-state index contributed by atoms with van der Waals surface area (Å²) in [5.41, 5.74) is 0. The van der Waals surface area contributed by atoms with E-state index < -0.39 is 25.0 Å². The fourth-order valence-electron chi connectivity index (χ4n) is 0.239. The third-order valence-corrected chi connectivity index (χ3v) is 3.11. The van der Waals surface area contributed by atoms with E-state index >= 15 is 0 Å². The van der Waals surface area contributed by atoms with Gasteiger partial charge in [-0.2, -0.15) is 16.8 Å². The summed E-state index contributed by atoms with van der Waals surface area (Å²) >= 11 is 0. The van der Waals surface area contributed by atoms with Gasteiger partial charge in [0.25, 0.3) is 0 Å². The Morgan fingerprint density at radius 1 is 1.33 bits per heavy atom. The van der Waals surface area contributed by atoms with Gasteiger partial charge in [-0.15, -0.1) is 0 Å². The molecule has 0 amide bonds. The SMILES string of the molecule is [O]S(=O)(=O)[C]1OS1(=O)=O.